The minimum atomic E-state index is -1.30. The average Bonchev–Trinajstić information content (AvgIpc) is 2.29. The first-order valence-corrected chi connectivity index (χ1v) is 5.54. The van der Waals surface area contributed by atoms with E-state index in [-0.39, 0.29) is 18.8 Å². The van der Waals surface area contributed by atoms with Crippen LogP contribution in [-0.4, -0.2) is 52.5 Å². The molecule has 1 aromatic rings. The maximum absolute atomic E-state index is 13.4. The number of rotatable bonds is 7. The lowest BCUT2D eigenvalue weighted by Crippen LogP contribution is -2.29. The summed E-state index contributed by atoms with van der Waals surface area (Å²) in [6, 6.07) is 3.89. The molecule has 1 rings (SSSR count). The van der Waals surface area contributed by atoms with Crippen molar-refractivity contribution in [3.63, 3.8) is 0 Å². The van der Waals surface area contributed by atoms with Crippen molar-refractivity contribution in [3.05, 3.63) is 35.1 Å². The van der Waals surface area contributed by atoms with Gasteiger partial charge >= 0.3 is 5.97 Å². The van der Waals surface area contributed by atoms with Gasteiger partial charge in [-0.25, -0.2) is 9.18 Å². The van der Waals surface area contributed by atoms with Crippen LogP contribution in [0.3, 0.4) is 0 Å². The van der Waals surface area contributed by atoms with Crippen LogP contribution in [0.5, 0.6) is 0 Å². The van der Waals surface area contributed by atoms with Crippen LogP contribution in [0.1, 0.15) is 15.9 Å². The number of carbonyl (C=O) groups is 1. The van der Waals surface area contributed by atoms with Crippen molar-refractivity contribution in [2.24, 2.45) is 0 Å². The summed E-state index contributed by atoms with van der Waals surface area (Å²) in [5, 5.41) is 26.4. The van der Waals surface area contributed by atoms with Crippen LogP contribution in [0.25, 0.3) is 0 Å². The van der Waals surface area contributed by atoms with E-state index in [9.17, 15) is 9.18 Å². The van der Waals surface area contributed by atoms with Crippen molar-refractivity contribution < 1.29 is 24.5 Å². The van der Waals surface area contributed by atoms with Gasteiger partial charge in [0.25, 0.3) is 0 Å². The summed E-state index contributed by atoms with van der Waals surface area (Å²) < 4.78 is 13.4. The summed E-state index contributed by atoms with van der Waals surface area (Å²) in [4.78, 5) is 12.4. The predicted octanol–water partition coefficient (Wildman–Crippen LogP) is 0.311. The molecule has 6 heteroatoms. The molecule has 0 saturated carbocycles. The van der Waals surface area contributed by atoms with Gasteiger partial charge in [0.2, 0.25) is 0 Å². The number of halogens is 1. The Kier molecular flexibility index (Phi) is 5.70. The third-order valence-electron chi connectivity index (χ3n) is 2.50. The fraction of sp³-hybridized carbons (Fsp3) is 0.417. The predicted molar refractivity (Wildman–Crippen MR) is 62.8 cm³/mol. The van der Waals surface area contributed by atoms with Crippen LogP contribution in [0.15, 0.2) is 18.2 Å². The third-order valence-corrected chi connectivity index (χ3v) is 2.50. The minimum Gasteiger partial charge on any atom is -0.478 e. The lowest BCUT2D eigenvalue weighted by Gasteiger charge is -2.20. The molecule has 0 bridgehead atoms. The Morgan fingerprint density at radius 3 is 2.28 bits per heavy atom. The van der Waals surface area contributed by atoms with Crippen molar-refractivity contribution >= 4 is 5.97 Å². The number of nitrogens with zero attached hydrogens (tertiary/aromatic N) is 1. The number of aliphatic hydroxyl groups is 2. The molecule has 0 fully saturated rings. The molecule has 0 amide bonds. The highest BCUT2D eigenvalue weighted by Crippen LogP contribution is 2.12. The summed E-state index contributed by atoms with van der Waals surface area (Å²) in [5.41, 5.74) is 0.231. The van der Waals surface area contributed by atoms with Gasteiger partial charge in [-0.1, -0.05) is 6.07 Å². The van der Waals surface area contributed by atoms with Gasteiger partial charge in [0.05, 0.1) is 18.8 Å². The highest BCUT2D eigenvalue weighted by molar-refractivity contribution is 5.87. The number of hydrogen-bond acceptors (Lipinski definition) is 4. The van der Waals surface area contributed by atoms with Gasteiger partial charge in [0.1, 0.15) is 5.82 Å². The van der Waals surface area contributed by atoms with E-state index < -0.39 is 11.8 Å². The van der Waals surface area contributed by atoms with E-state index in [0.717, 1.165) is 6.07 Å². The highest BCUT2D eigenvalue weighted by Gasteiger charge is 2.12. The van der Waals surface area contributed by atoms with Gasteiger partial charge in [0, 0.05) is 19.6 Å². The number of benzene rings is 1. The van der Waals surface area contributed by atoms with Crippen LogP contribution in [0.4, 0.5) is 4.39 Å². The molecule has 100 valence electrons. The molecule has 0 radical (unpaired) electrons. The molecule has 0 atom stereocenters. The fourth-order valence-electron chi connectivity index (χ4n) is 1.64. The van der Waals surface area contributed by atoms with Crippen molar-refractivity contribution in [2.75, 3.05) is 26.3 Å². The molecule has 0 spiro atoms. The van der Waals surface area contributed by atoms with Gasteiger partial charge in [-0.3, -0.25) is 4.90 Å². The Balaban J connectivity index is 2.77. The van der Waals surface area contributed by atoms with Crippen LogP contribution in [0, 0.1) is 5.82 Å². The first-order chi connectivity index (χ1) is 8.58. The first-order valence-electron chi connectivity index (χ1n) is 5.54. The van der Waals surface area contributed by atoms with Crippen molar-refractivity contribution in [1.29, 1.82) is 0 Å². The van der Waals surface area contributed by atoms with E-state index >= 15 is 0 Å². The number of aromatic carboxylic acids is 1. The van der Waals surface area contributed by atoms with E-state index in [0.29, 0.717) is 25.2 Å². The number of aliphatic hydroxyl groups excluding tert-OH is 2. The molecule has 5 nitrogen and oxygen atoms in total. The minimum absolute atomic E-state index is 0.0598. The zero-order valence-electron chi connectivity index (χ0n) is 9.84. The van der Waals surface area contributed by atoms with Crippen LogP contribution in [0.2, 0.25) is 0 Å². The second-order valence-electron chi connectivity index (χ2n) is 3.84. The smallest absolute Gasteiger partial charge is 0.338 e. The monoisotopic (exact) mass is 257 g/mol. The van der Waals surface area contributed by atoms with Gasteiger partial charge < -0.3 is 15.3 Å². The summed E-state index contributed by atoms with van der Waals surface area (Å²) in [5.74, 6) is -2.09. The molecular formula is C12H16FNO4. The number of carboxylic acids is 1. The second kappa shape index (κ2) is 7.05. The normalized spacial score (nSPS) is 10.9. The summed E-state index contributed by atoms with van der Waals surface area (Å²) in [7, 11) is 0. The van der Waals surface area contributed by atoms with Crippen LogP contribution < -0.4 is 0 Å². The molecular weight excluding hydrogens is 241 g/mol. The Hall–Kier alpha value is -1.50. The molecule has 1 aromatic carbocycles. The number of carboxylic acid groups (broad SMARTS) is 1. The SMILES string of the molecule is O=C(O)c1ccc(CN(CCO)CCO)cc1F. The topological polar surface area (TPSA) is 81.0 Å². The number of hydrogen-bond donors (Lipinski definition) is 3. The summed E-state index contributed by atoms with van der Waals surface area (Å²) in [6.45, 7) is 0.953. The zero-order valence-corrected chi connectivity index (χ0v) is 9.84. The molecule has 0 aliphatic rings. The summed E-state index contributed by atoms with van der Waals surface area (Å²) >= 11 is 0. The highest BCUT2D eigenvalue weighted by atomic mass is 19.1. The van der Waals surface area contributed by atoms with Gasteiger partial charge in [-0.05, 0) is 17.7 Å². The molecule has 18 heavy (non-hydrogen) atoms. The molecule has 0 aliphatic heterocycles. The Morgan fingerprint density at radius 2 is 1.83 bits per heavy atom. The Morgan fingerprint density at radius 1 is 1.22 bits per heavy atom. The first kappa shape index (κ1) is 14.6. The van der Waals surface area contributed by atoms with Crippen LogP contribution >= 0.6 is 0 Å². The average molecular weight is 257 g/mol. The molecule has 0 heterocycles. The van der Waals surface area contributed by atoms with E-state index in [1.54, 1.807) is 4.90 Å². The van der Waals surface area contributed by atoms with E-state index in [2.05, 4.69) is 0 Å². The quantitative estimate of drug-likeness (QED) is 0.655. The van der Waals surface area contributed by atoms with Crippen molar-refractivity contribution in [1.82, 2.24) is 4.90 Å². The van der Waals surface area contributed by atoms with Crippen molar-refractivity contribution in [3.8, 4) is 0 Å². The molecule has 0 saturated heterocycles. The maximum atomic E-state index is 13.4. The lowest BCUT2D eigenvalue weighted by atomic mass is 10.1. The Labute approximate surface area is 104 Å². The summed E-state index contributed by atoms with van der Waals surface area (Å²) in [6.07, 6.45) is 0. The van der Waals surface area contributed by atoms with Gasteiger partial charge in [-0.2, -0.15) is 0 Å². The molecule has 0 aliphatic carbocycles. The fourth-order valence-corrected chi connectivity index (χ4v) is 1.64. The second-order valence-corrected chi connectivity index (χ2v) is 3.84. The Bertz CT molecular complexity index is 405. The van der Waals surface area contributed by atoms with Crippen molar-refractivity contribution in [2.45, 2.75) is 6.54 Å². The maximum Gasteiger partial charge on any atom is 0.338 e. The molecule has 0 aromatic heterocycles. The zero-order chi connectivity index (χ0) is 13.5. The standard InChI is InChI=1S/C12H16FNO4/c13-11-7-9(1-2-10(11)12(17)18)8-14(3-5-15)4-6-16/h1-2,7,15-16H,3-6,8H2,(H,17,18). The lowest BCUT2D eigenvalue weighted by molar-refractivity contribution is 0.0692. The van der Waals surface area contributed by atoms with Gasteiger partial charge in [-0.15, -0.1) is 0 Å². The molecule has 3 N–H and O–H groups in total. The largest absolute Gasteiger partial charge is 0.478 e. The van der Waals surface area contributed by atoms with E-state index in [1.165, 1.54) is 12.1 Å². The molecule has 0 unspecified atom stereocenters. The van der Waals surface area contributed by atoms with Crippen LogP contribution in [-0.2, 0) is 6.54 Å². The third kappa shape index (κ3) is 4.06. The van der Waals surface area contributed by atoms with E-state index in [1.807, 2.05) is 0 Å². The van der Waals surface area contributed by atoms with Gasteiger partial charge in [0.15, 0.2) is 0 Å². The van der Waals surface area contributed by atoms with E-state index in [4.69, 9.17) is 15.3 Å².